The van der Waals surface area contributed by atoms with Crippen molar-refractivity contribution in [3.8, 4) is 0 Å². The number of piperidine rings is 3. The quantitative estimate of drug-likeness (QED) is 0.0696. The van der Waals surface area contributed by atoms with Gasteiger partial charge in [-0.3, -0.25) is 9.88 Å². The fourth-order valence-corrected chi connectivity index (χ4v) is 8.59. The van der Waals surface area contributed by atoms with Gasteiger partial charge in [-0.05, 0) is 125 Å². The standard InChI is InChI=1S/C43H36F6N4OS/c1-2-25-23-53-16-14-26(25)18-39(53)40(54-24-37-33-9-5-3-7-27(33)17-28-8-4-6-10-34(28)37)35-13-15-50-38-12-11-31(22-36(35)38)51-41(55)52-32-20-29(42(44,45)46)19-30(21-32)43(47,48)49/h2-13,15,17,19-22,25-26,39-40H,1,14,16,18,23-24H2,(H2,51,52,55)/t25-,26-,39+,40-/m0/s1. The number of aromatic nitrogens is 1. The zero-order chi connectivity index (χ0) is 38.5. The summed E-state index contributed by atoms with van der Waals surface area (Å²) in [5.41, 5.74) is -0.156. The Morgan fingerprint density at radius 2 is 1.49 bits per heavy atom. The van der Waals surface area contributed by atoms with Crippen molar-refractivity contribution >= 4 is 61.2 Å². The summed E-state index contributed by atoms with van der Waals surface area (Å²) >= 11 is 5.39. The molecule has 1 aromatic heterocycles. The van der Waals surface area contributed by atoms with Gasteiger partial charge < -0.3 is 15.4 Å². The number of halogens is 6. The lowest BCUT2D eigenvalue weighted by Gasteiger charge is -2.51. The summed E-state index contributed by atoms with van der Waals surface area (Å²) in [5.74, 6) is 0.870. The second kappa shape index (κ2) is 14.6. The number of hydrogen-bond acceptors (Lipinski definition) is 4. The van der Waals surface area contributed by atoms with Gasteiger partial charge in [-0.15, -0.1) is 6.58 Å². The van der Waals surface area contributed by atoms with Gasteiger partial charge in [0.15, 0.2) is 5.11 Å². The summed E-state index contributed by atoms with van der Waals surface area (Å²) in [6.07, 6.45) is -4.53. The largest absolute Gasteiger partial charge is 0.416 e. The molecule has 4 heterocycles. The summed E-state index contributed by atoms with van der Waals surface area (Å²) < 4.78 is 88.2. The Morgan fingerprint density at radius 1 is 0.836 bits per heavy atom. The Balaban J connectivity index is 1.14. The van der Waals surface area contributed by atoms with Crippen molar-refractivity contribution in [3.63, 3.8) is 0 Å². The van der Waals surface area contributed by atoms with Crippen LogP contribution in [0.5, 0.6) is 0 Å². The molecule has 0 radical (unpaired) electrons. The van der Waals surface area contributed by atoms with Gasteiger partial charge in [0.25, 0.3) is 0 Å². The Bertz CT molecular complexity index is 2350. The molecule has 0 aliphatic carbocycles. The number of pyridine rings is 1. The van der Waals surface area contributed by atoms with Gasteiger partial charge >= 0.3 is 12.4 Å². The van der Waals surface area contributed by atoms with Crippen LogP contribution in [0, 0.1) is 11.8 Å². The minimum Gasteiger partial charge on any atom is -0.367 e. The van der Waals surface area contributed by atoms with Crippen LogP contribution in [-0.2, 0) is 23.7 Å². The molecule has 6 aromatic rings. The van der Waals surface area contributed by atoms with Gasteiger partial charge in [0, 0.05) is 35.5 Å². The second-order valence-electron chi connectivity index (χ2n) is 14.3. The normalized spacial score (nSPS) is 20.5. The molecule has 0 amide bonds. The molecule has 5 aromatic carbocycles. The maximum absolute atomic E-state index is 13.5. The molecule has 3 saturated heterocycles. The summed E-state index contributed by atoms with van der Waals surface area (Å²) in [4.78, 5) is 7.12. The number of hydrogen-bond donors (Lipinski definition) is 2. The van der Waals surface area contributed by atoms with E-state index in [9.17, 15) is 26.3 Å². The van der Waals surface area contributed by atoms with Crippen molar-refractivity contribution < 1.29 is 31.1 Å². The topological polar surface area (TPSA) is 49.4 Å². The van der Waals surface area contributed by atoms with E-state index in [1.807, 2.05) is 36.4 Å². The minimum absolute atomic E-state index is 0.0601. The fourth-order valence-electron chi connectivity index (χ4n) is 8.35. The highest BCUT2D eigenvalue weighted by Crippen LogP contribution is 2.45. The van der Waals surface area contributed by atoms with Crippen LogP contribution in [0.1, 0.15) is 41.2 Å². The van der Waals surface area contributed by atoms with Crippen molar-refractivity contribution in [2.45, 2.75) is 43.9 Å². The number of rotatable bonds is 8. The minimum atomic E-state index is -4.99. The Labute approximate surface area is 319 Å². The fraction of sp³-hybridized carbons (Fsp3) is 0.256. The molecule has 3 aliphatic heterocycles. The SMILES string of the molecule is C=C[C@H]1CN2CC[C@H]1C[C@@H]2[C@@H](OCc1c2ccccc2cc2ccccc12)c1ccnc2ccc(NC(=S)Nc3cc(C(F)(F)F)cc(C(F)(F)F)c3)cc12. The Morgan fingerprint density at radius 3 is 2.11 bits per heavy atom. The molecule has 2 bridgehead atoms. The molecule has 12 heteroatoms. The molecule has 5 atom stereocenters. The van der Waals surface area contributed by atoms with Gasteiger partial charge in [0.05, 0.1) is 29.4 Å². The van der Waals surface area contributed by atoms with Gasteiger partial charge in [-0.25, -0.2) is 0 Å². The average molecular weight is 771 g/mol. The van der Waals surface area contributed by atoms with E-state index in [0.29, 0.717) is 41.8 Å². The number of nitrogens with one attached hydrogen (secondary N) is 2. The van der Waals surface area contributed by atoms with Gasteiger partial charge in [0.2, 0.25) is 0 Å². The maximum Gasteiger partial charge on any atom is 0.416 e. The molecule has 1 unspecified atom stereocenters. The van der Waals surface area contributed by atoms with Crippen LogP contribution in [0.4, 0.5) is 37.7 Å². The number of nitrogens with zero attached hydrogens (tertiary/aromatic N) is 2. The molecule has 282 valence electrons. The lowest BCUT2D eigenvalue weighted by molar-refractivity contribution is -0.143. The van der Waals surface area contributed by atoms with Crippen molar-refractivity contribution in [2.75, 3.05) is 23.7 Å². The van der Waals surface area contributed by atoms with E-state index in [1.54, 1.807) is 18.3 Å². The molecule has 55 heavy (non-hydrogen) atoms. The first-order chi connectivity index (χ1) is 26.4. The summed E-state index contributed by atoms with van der Waals surface area (Å²) in [7, 11) is 0. The van der Waals surface area contributed by atoms with E-state index in [1.165, 1.54) is 0 Å². The van der Waals surface area contributed by atoms with Crippen LogP contribution < -0.4 is 10.6 Å². The first-order valence-electron chi connectivity index (χ1n) is 18.0. The molecule has 0 spiro atoms. The molecule has 3 aliphatic rings. The lowest BCUT2D eigenvalue weighted by atomic mass is 9.73. The highest BCUT2D eigenvalue weighted by molar-refractivity contribution is 7.80. The third-order valence-electron chi connectivity index (χ3n) is 11.0. The molecular weight excluding hydrogens is 735 g/mol. The summed E-state index contributed by atoms with van der Waals surface area (Å²) in [5, 5.41) is 10.6. The third kappa shape index (κ3) is 7.50. The first-order valence-corrected chi connectivity index (χ1v) is 18.4. The molecule has 5 nitrogen and oxygen atoms in total. The maximum atomic E-state index is 13.5. The highest BCUT2D eigenvalue weighted by Gasteiger charge is 2.43. The van der Waals surface area contributed by atoms with Gasteiger partial charge in [0.1, 0.15) is 0 Å². The van der Waals surface area contributed by atoms with Crippen molar-refractivity contribution in [1.29, 1.82) is 0 Å². The number of benzene rings is 5. The Hall–Kier alpha value is -5.04. The monoisotopic (exact) mass is 770 g/mol. The molecular formula is C43H36F6N4OS. The van der Waals surface area contributed by atoms with Crippen molar-refractivity contribution in [1.82, 2.24) is 9.88 Å². The van der Waals surface area contributed by atoms with Crippen LogP contribution in [0.25, 0.3) is 32.4 Å². The lowest BCUT2D eigenvalue weighted by Crippen LogP contribution is -2.55. The second-order valence-corrected chi connectivity index (χ2v) is 14.7. The molecule has 2 N–H and O–H groups in total. The molecule has 3 fully saturated rings. The molecule has 0 saturated carbocycles. The van der Waals surface area contributed by atoms with Crippen molar-refractivity contribution in [2.24, 2.45) is 11.8 Å². The van der Waals surface area contributed by atoms with Crippen molar-refractivity contribution in [3.05, 3.63) is 138 Å². The van der Waals surface area contributed by atoms with E-state index in [2.05, 4.69) is 63.5 Å². The summed E-state index contributed by atoms with van der Waals surface area (Å²) in [6, 6.07) is 27.4. The van der Waals surface area contributed by atoms with Gasteiger partial charge in [-0.2, -0.15) is 26.3 Å². The van der Waals surface area contributed by atoms with Crippen LogP contribution in [-0.4, -0.2) is 34.1 Å². The first kappa shape index (κ1) is 36.9. The smallest absolute Gasteiger partial charge is 0.367 e. The number of fused-ring (bicyclic) bond motifs is 6. The van der Waals surface area contributed by atoms with E-state index in [0.717, 1.165) is 64.0 Å². The zero-order valence-corrected chi connectivity index (χ0v) is 30.2. The van der Waals surface area contributed by atoms with Crippen LogP contribution in [0.15, 0.2) is 116 Å². The number of thiocarbonyl (C=S) groups is 1. The van der Waals surface area contributed by atoms with E-state index >= 15 is 0 Å². The predicted molar refractivity (Wildman–Crippen MR) is 209 cm³/mol. The average Bonchev–Trinajstić information content (AvgIpc) is 3.17. The van der Waals surface area contributed by atoms with E-state index in [4.69, 9.17) is 17.0 Å². The number of ether oxygens (including phenoxy) is 1. The van der Waals surface area contributed by atoms with E-state index in [-0.39, 0.29) is 23.3 Å². The molecule has 9 rings (SSSR count). The number of anilines is 2. The Kier molecular flexibility index (Phi) is 9.77. The third-order valence-corrected chi connectivity index (χ3v) is 11.2. The van der Waals surface area contributed by atoms with Crippen LogP contribution in [0.2, 0.25) is 0 Å². The predicted octanol–water partition coefficient (Wildman–Crippen LogP) is 11.5. The number of alkyl halides is 6. The zero-order valence-electron chi connectivity index (χ0n) is 29.4. The summed E-state index contributed by atoms with van der Waals surface area (Å²) in [6.45, 7) is 6.28. The van der Waals surface area contributed by atoms with Gasteiger partial charge in [-0.1, -0.05) is 54.6 Å². The van der Waals surface area contributed by atoms with Crippen LogP contribution >= 0.6 is 12.2 Å². The van der Waals surface area contributed by atoms with E-state index < -0.39 is 29.2 Å². The highest BCUT2D eigenvalue weighted by atomic mass is 32.1. The van der Waals surface area contributed by atoms with Crippen LogP contribution in [0.3, 0.4) is 0 Å².